The van der Waals surface area contributed by atoms with Gasteiger partial charge >= 0.3 is 5.97 Å². The van der Waals surface area contributed by atoms with E-state index < -0.39 is 17.3 Å². The third-order valence-corrected chi connectivity index (χ3v) is 5.38. The van der Waals surface area contributed by atoms with Gasteiger partial charge in [0.05, 0.1) is 23.9 Å². The molecule has 3 unspecified atom stereocenters. The van der Waals surface area contributed by atoms with Gasteiger partial charge in [-0.05, 0) is 43.2 Å². The van der Waals surface area contributed by atoms with E-state index in [1.165, 1.54) is 0 Å². The number of ether oxygens (including phenoxy) is 1. The van der Waals surface area contributed by atoms with Crippen LogP contribution in [0.5, 0.6) is 0 Å². The summed E-state index contributed by atoms with van der Waals surface area (Å²) < 4.78 is 5.27. The lowest BCUT2D eigenvalue weighted by atomic mass is 9.56. The fourth-order valence-electron chi connectivity index (χ4n) is 4.28. The van der Waals surface area contributed by atoms with E-state index in [4.69, 9.17) is 10.5 Å². The van der Waals surface area contributed by atoms with Gasteiger partial charge < -0.3 is 10.5 Å². The normalized spacial score (nSPS) is 27.6. The van der Waals surface area contributed by atoms with Gasteiger partial charge in [0.25, 0.3) is 0 Å². The van der Waals surface area contributed by atoms with Crippen molar-refractivity contribution in [1.82, 2.24) is 0 Å². The maximum Gasteiger partial charge on any atom is 0.333 e. The van der Waals surface area contributed by atoms with Gasteiger partial charge in [-0.25, -0.2) is 4.79 Å². The van der Waals surface area contributed by atoms with Crippen LogP contribution in [0, 0.1) is 34.0 Å². The number of allylic oxidation sites excluding steroid dienone is 3. The van der Waals surface area contributed by atoms with Crippen LogP contribution >= 0.6 is 0 Å². The van der Waals surface area contributed by atoms with E-state index in [1.54, 1.807) is 6.92 Å². The molecule has 5 nitrogen and oxygen atoms in total. The molecule has 0 saturated heterocycles. The van der Waals surface area contributed by atoms with Crippen molar-refractivity contribution in [1.29, 1.82) is 10.5 Å². The van der Waals surface area contributed by atoms with Gasteiger partial charge in [-0.2, -0.15) is 10.5 Å². The fourth-order valence-corrected chi connectivity index (χ4v) is 4.28. The molecule has 2 N–H and O–H groups in total. The van der Waals surface area contributed by atoms with Crippen LogP contribution in [0.25, 0.3) is 0 Å². The van der Waals surface area contributed by atoms with E-state index in [1.807, 2.05) is 36.4 Å². The van der Waals surface area contributed by atoms with Crippen molar-refractivity contribution in [3.63, 3.8) is 0 Å². The maximum atomic E-state index is 13.0. The largest absolute Gasteiger partial charge is 0.464 e. The number of hydrogen-bond donors (Lipinski definition) is 1. The minimum Gasteiger partial charge on any atom is -0.464 e. The first-order valence-corrected chi connectivity index (χ1v) is 8.86. The van der Waals surface area contributed by atoms with E-state index in [2.05, 4.69) is 12.1 Å². The van der Waals surface area contributed by atoms with Crippen molar-refractivity contribution in [2.45, 2.75) is 32.1 Å². The summed E-state index contributed by atoms with van der Waals surface area (Å²) in [4.78, 5) is 13.0. The lowest BCUT2D eigenvalue weighted by molar-refractivity contribution is -0.152. The Morgan fingerprint density at radius 2 is 2.08 bits per heavy atom. The minimum absolute atomic E-state index is 0.0132. The van der Waals surface area contributed by atoms with E-state index in [0.717, 1.165) is 30.4 Å². The lowest BCUT2D eigenvalue weighted by Gasteiger charge is -2.45. The fraction of sp³-hybridized carbons (Fsp3) is 0.381. The van der Waals surface area contributed by atoms with E-state index >= 15 is 0 Å². The molecule has 132 valence electrons. The highest BCUT2D eigenvalue weighted by molar-refractivity contribution is 5.87. The summed E-state index contributed by atoms with van der Waals surface area (Å²) in [5, 5.41) is 19.9. The highest BCUT2D eigenvalue weighted by Gasteiger charge is 2.58. The first-order chi connectivity index (χ1) is 12.6. The van der Waals surface area contributed by atoms with E-state index in [-0.39, 0.29) is 23.8 Å². The average Bonchev–Trinajstić information content (AvgIpc) is 2.68. The zero-order valence-corrected chi connectivity index (χ0v) is 14.7. The molecular weight excluding hydrogens is 326 g/mol. The second-order valence-corrected chi connectivity index (χ2v) is 6.63. The topological polar surface area (TPSA) is 99.9 Å². The summed E-state index contributed by atoms with van der Waals surface area (Å²) in [5.74, 6) is -1.26. The van der Waals surface area contributed by atoms with Gasteiger partial charge in [0.1, 0.15) is 6.07 Å². The first-order valence-electron chi connectivity index (χ1n) is 8.86. The molecule has 0 aromatic heterocycles. The molecule has 0 saturated carbocycles. The van der Waals surface area contributed by atoms with Gasteiger partial charge in [-0.15, -0.1) is 0 Å². The second-order valence-electron chi connectivity index (χ2n) is 6.63. The van der Waals surface area contributed by atoms with E-state index in [9.17, 15) is 15.3 Å². The summed E-state index contributed by atoms with van der Waals surface area (Å²) in [6, 6.07) is 13.8. The third kappa shape index (κ3) is 2.48. The Labute approximate surface area is 153 Å². The lowest BCUT2D eigenvalue weighted by Crippen LogP contribution is -2.49. The van der Waals surface area contributed by atoms with Gasteiger partial charge in [-0.1, -0.05) is 36.4 Å². The Kier molecular flexibility index (Phi) is 4.82. The van der Waals surface area contributed by atoms with Gasteiger partial charge in [0.15, 0.2) is 0 Å². The van der Waals surface area contributed by atoms with Crippen LogP contribution in [-0.2, 0) is 9.53 Å². The highest BCUT2D eigenvalue weighted by atomic mass is 16.5. The molecule has 0 amide bonds. The number of rotatable bonds is 3. The molecule has 26 heavy (non-hydrogen) atoms. The van der Waals surface area contributed by atoms with Crippen LogP contribution in [0.3, 0.4) is 0 Å². The van der Waals surface area contributed by atoms with Crippen molar-refractivity contribution in [2.24, 2.45) is 17.1 Å². The van der Waals surface area contributed by atoms with Crippen LogP contribution in [0.15, 0.2) is 53.3 Å². The average molecular weight is 347 g/mol. The summed E-state index contributed by atoms with van der Waals surface area (Å²) >= 11 is 0. The van der Waals surface area contributed by atoms with Crippen molar-refractivity contribution >= 4 is 5.97 Å². The zero-order chi connectivity index (χ0) is 18.7. The quantitative estimate of drug-likeness (QED) is 0.845. The smallest absolute Gasteiger partial charge is 0.333 e. The zero-order valence-electron chi connectivity index (χ0n) is 14.7. The summed E-state index contributed by atoms with van der Waals surface area (Å²) in [6.45, 7) is 1.84. The maximum absolute atomic E-state index is 13.0. The van der Waals surface area contributed by atoms with Crippen LogP contribution in [0.1, 0.15) is 37.7 Å². The Hall–Kier alpha value is -3.05. The number of carbonyl (C=O) groups excluding carboxylic acids is 1. The van der Waals surface area contributed by atoms with Crippen molar-refractivity contribution in [2.75, 3.05) is 6.61 Å². The number of nitriles is 2. The van der Waals surface area contributed by atoms with Crippen LogP contribution < -0.4 is 5.73 Å². The molecule has 5 heteroatoms. The van der Waals surface area contributed by atoms with Crippen molar-refractivity contribution < 1.29 is 9.53 Å². The third-order valence-electron chi connectivity index (χ3n) is 5.38. The molecule has 2 aliphatic carbocycles. The SMILES string of the molecule is CCOC(=O)C1(C#N)C(N)=C(C#N)C2=CCCCC2C1c1ccccc1. The molecule has 3 rings (SSSR count). The van der Waals surface area contributed by atoms with Crippen LogP contribution in [0.2, 0.25) is 0 Å². The Morgan fingerprint density at radius 3 is 2.69 bits per heavy atom. The predicted octanol–water partition coefficient (Wildman–Crippen LogP) is 3.32. The van der Waals surface area contributed by atoms with Gasteiger partial charge in [0, 0.05) is 5.92 Å². The molecule has 3 atom stereocenters. The number of carbonyl (C=O) groups is 1. The Balaban J connectivity index is 2.34. The Bertz CT molecular complexity index is 857. The Morgan fingerprint density at radius 1 is 1.35 bits per heavy atom. The summed E-state index contributed by atoms with van der Waals surface area (Å²) in [7, 11) is 0. The number of benzene rings is 1. The molecular formula is C21H21N3O2. The van der Waals surface area contributed by atoms with Crippen LogP contribution in [-0.4, -0.2) is 12.6 Å². The molecule has 0 spiro atoms. The monoisotopic (exact) mass is 347 g/mol. The molecule has 0 radical (unpaired) electrons. The molecule has 1 aromatic carbocycles. The number of fused-ring (bicyclic) bond motifs is 1. The standard InChI is InChI=1S/C21H21N3O2/c1-2-26-20(25)21(13-23)18(14-8-4-3-5-9-14)16-11-7-6-10-15(16)17(12-22)19(21)24/h3-5,8-10,16,18H,2,6-7,11,24H2,1H3. The molecule has 0 heterocycles. The number of hydrogen-bond acceptors (Lipinski definition) is 5. The molecule has 2 aliphatic rings. The number of nitrogens with two attached hydrogens (primary N) is 1. The van der Waals surface area contributed by atoms with Crippen molar-refractivity contribution in [3.8, 4) is 12.1 Å². The van der Waals surface area contributed by atoms with Crippen LogP contribution in [0.4, 0.5) is 0 Å². The molecule has 1 aromatic rings. The van der Waals surface area contributed by atoms with E-state index in [0.29, 0.717) is 0 Å². The number of esters is 1. The molecule has 0 fully saturated rings. The van der Waals surface area contributed by atoms with Crippen molar-refractivity contribution in [3.05, 3.63) is 58.8 Å². The summed E-state index contributed by atoms with van der Waals surface area (Å²) in [5.41, 5.74) is 6.64. The number of nitrogens with zero attached hydrogens (tertiary/aromatic N) is 2. The van der Waals surface area contributed by atoms with Gasteiger partial charge in [-0.3, -0.25) is 0 Å². The minimum atomic E-state index is -1.69. The first kappa shape index (κ1) is 17.8. The predicted molar refractivity (Wildman–Crippen MR) is 96.1 cm³/mol. The highest BCUT2D eigenvalue weighted by Crippen LogP contribution is 2.56. The molecule has 0 aliphatic heterocycles. The second kappa shape index (κ2) is 7.06. The molecule has 0 bridgehead atoms. The van der Waals surface area contributed by atoms with Gasteiger partial charge in [0.2, 0.25) is 5.41 Å². The summed E-state index contributed by atoms with van der Waals surface area (Å²) in [6.07, 6.45) is 4.64.